The molecule has 2 aromatic rings. The maximum atomic E-state index is 10.3. The van der Waals surface area contributed by atoms with Gasteiger partial charge in [-0.25, -0.2) is 4.98 Å². The van der Waals surface area contributed by atoms with Gasteiger partial charge in [-0.05, 0) is 0 Å². The van der Waals surface area contributed by atoms with E-state index in [1.807, 2.05) is 0 Å². The Labute approximate surface area is 66.0 Å². The van der Waals surface area contributed by atoms with Crippen LogP contribution in [-0.4, -0.2) is 14.9 Å². The van der Waals surface area contributed by atoms with Crippen LogP contribution >= 0.6 is 0 Å². The highest BCUT2D eigenvalue weighted by atomic mass is 16.6. The third kappa shape index (κ3) is 0.895. The van der Waals surface area contributed by atoms with Crippen LogP contribution in [0.2, 0.25) is 0 Å². The van der Waals surface area contributed by atoms with Crippen molar-refractivity contribution in [2.24, 2.45) is 0 Å². The average Bonchev–Trinajstić information content (AvgIpc) is 2.49. The van der Waals surface area contributed by atoms with Crippen molar-refractivity contribution in [1.29, 1.82) is 0 Å². The molecule has 0 aliphatic heterocycles. The van der Waals surface area contributed by atoms with Gasteiger partial charge in [0.05, 0.1) is 11.0 Å². The van der Waals surface area contributed by atoms with Crippen LogP contribution in [-0.2, 0) is 0 Å². The van der Waals surface area contributed by atoms with E-state index >= 15 is 0 Å². The van der Waals surface area contributed by atoms with Crippen molar-refractivity contribution in [3.8, 4) is 0 Å². The molecule has 60 valence electrons. The normalized spacial score (nSPS) is 10.3. The summed E-state index contributed by atoms with van der Waals surface area (Å²) >= 11 is 0. The summed E-state index contributed by atoms with van der Waals surface area (Å²) in [6, 6.07) is 1.29. The molecule has 0 aliphatic rings. The number of oxazole rings is 1. The van der Waals surface area contributed by atoms with Crippen molar-refractivity contribution in [2.45, 2.75) is 0 Å². The Morgan fingerprint density at radius 2 is 2.33 bits per heavy atom. The fourth-order valence-electron chi connectivity index (χ4n) is 0.844. The molecule has 0 spiro atoms. The first-order valence-corrected chi connectivity index (χ1v) is 3.11. The maximum Gasteiger partial charge on any atom is 0.291 e. The molecule has 0 unspecified atom stereocenters. The Bertz CT molecular complexity index is 436. The molecule has 0 aromatic carbocycles. The quantitative estimate of drug-likeness (QED) is 0.467. The molecule has 0 bridgehead atoms. The average molecular weight is 165 g/mol. The van der Waals surface area contributed by atoms with Crippen molar-refractivity contribution in [3.63, 3.8) is 0 Å². The second-order valence-electron chi connectivity index (χ2n) is 2.12. The Morgan fingerprint density at radius 3 is 3.08 bits per heavy atom. The van der Waals surface area contributed by atoms with Crippen LogP contribution in [0.4, 0.5) is 5.69 Å². The van der Waals surface area contributed by atoms with Gasteiger partial charge in [0.1, 0.15) is 6.20 Å². The third-order valence-corrected chi connectivity index (χ3v) is 1.38. The zero-order chi connectivity index (χ0) is 8.55. The van der Waals surface area contributed by atoms with Gasteiger partial charge in [-0.2, -0.15) is 4.98 Å². The topological polar surface area (TPSA) is 82.1 Å². The zero-order valence-electron chi connectivity index (χ0n) is 5.80. The van der Waals surface area contributed by atoms with Gasteiger partial charge in [-0.1, -0.05) is 0 Å². The molecule has 0 radical (unpaired) electrons. The van der Waals surface area contributed by atoms with Crippen molar-refractivity contribution in [3.05, 3.63) is 28.8 Å². The van der Waals surface area contributed by atoms with Crippen LogP contribution in [0.5, 0.6) is 0 Å². The Kier molecular flexibility index (Phi) is 1.26. The largest absolute Gasteiger partial charge is 0.441 e. The van der Waals surface area contributed by atoms with Gasteiger partial charge in [0.2, 0.25) is 0 Å². The fraction of sp³-hybridized carbons (Fsp3) is 0. The Balaban J connectivity index is 2.68. The monoisotopic (exact) mass is 165 g/mol. The summed E-state index contributed by atoms with van der Waals surface area (Å²) in [6.07, 6.45) is 2.34. The number of nitrogens with zero attached hydrogens (tertiary/aromatic N) is 3. The summed E-state index contributed by atoms with van der Waals surface area (Å²) in [5, 5.41) is 10.3. The van der Waals surface area contributed by atoms with E-state index in [2.05, 4.69) is 9.97 Å². The minimum atomic E-state index is -0.533. The van der Waals surface area contributed by atoms with Gasteiger partial charge in [0.15, 0.2) is 17.6 Å². The van der Waals surface area contributed by atoms with Crippen molar-refractivity contribution < 1.29 is 9.34 Å². The van der Waals surface area contributed by atoms with Crippen LogP contribution < -0.4 is 0 Å². The van der Waals surface area contributed by atoms with Crippen molar-refractivity contribution in [2.75, 3.05) is 0 Å². The summed E-state index contributed by atoms with van der Waals surface area (Å²) < 4.78 is 4.83. The maximum absolute atomic E-state index is 10.3. The smallest absolute Gasteiger partial charge is 0.291 e. The SMILES string of the molecule is O=[N+]([O-])c1cnc2ncoc2c1. The molecule has 0 fully saturated rings. The van der Waals surface area contributed by atoms with E-state index < -0.39 is 4.92 Å². The van der Waals surface area contributed by atoms with Crippen molar-refractivity contribution >= 4 is 16.9 Å². The first-order chi connectivity index (χ1) is 5.77. The first kappa shape index (κ1) is 6.71. The molecule has 0 N–H and O–H groups in total. The number of fused-ring (bicyclic) bond motifs is 1. The molecule has 6 heteroatoms. The summed E-state index contributed by atoms with van der Waals surface area (Å²) in [4.78, 5) is 17.2. The second kappa shape index (κ2) is 2.26. The van der Waals surface area contributed by atoms with Gasteiger partial charge < -0.3 is 4.42 Å². The minimum Gasteiger partial charge on any atom is -0.441 e. The summed E-state index contributed by atoms with van der Waals surface area (Å²) in [5.74, 6) is 0. The van der Waals surface area contributed by atoms with Crippen LogP contribution in [0.1, 0.15) is 0 Å². The van der Waals surface area contributed by atoms with Gasteiger partial charge in [-0.3, -0.25) is 10.1 Å². The molecule has 6 nitrogen and oxygen atoms in total. The van der Waals surface area contributed by atoms with Gasteiger partial charge in [0, 0.05) is 0 Å². The predicted molar refractivity (Wildman–Crippen MR) is 38.5 cm³/mol. The molecule has 2 rings (SSSR count). The second-order valence-corrected chi connectivity index (χ2v) is 2.12. The number of aromatic nitrogens is 2. The van der Waals surface area contributed by atoms with Crippen molar-refractivity contribution in [1.82, 2.24) is 9.97 Å². The molecule has 0 amide bonds. The van der Waals surface area contributed by atoms with E-state index in [-0.39, 0.29) is 5.69 Å². The number of nitro groups is 1. The first-order valence-electron chi connectivity index (χ1n) is 3.11. The van der Waals surface area contributed by atoms with E-state index in [0.717, 1.165) is 6.20 Å². The molecule has 0 aliphatic carbocycles. The lowest BCUT2D eigenvalue weighted by atomic mass is 10.4. The van der Waals surface area contributed by atoms with E-state index in [4.69, 9.17) is 4.42 Å². The lowest BCUT2D eigenvalue weighted by Gasteiger charge is -1.87. The predicted octanol–water partition coefficient (Wildman–Crippen LogP) is 1.13. The van der Waals surface area contributed by atoms with E-state index in [1.165, 1.54) is 12.5 Å². The zero-order valence-corrected chi connectivity index (χ0v) is 5.80. The van der Waals surface area contributed by atoms with E-state index in [9.17, 15) is 10.1 Å². The summed E-state index contributed by atoms with van der Waals surface area (Å²) in [7, 11) is 0. The van der Waals surface area contributed by atoms with E-state index in [1.54, 1.807) is 0 Å². The molecule has 12 heavy (non-hydrogen) atoms. The van der Waals surface area contributed by atoms with E-state index in [0.29, 0.717) is 11.2 Å². The Hall–Kier alpha value is -1.98. The molecule has 2 heterocycles. The van der Waals surface area contributed by atoms with Crippen LogP contribution in [0, 0.1) is 10.1 Å². The van der Waals surface area contributed by atoms with Crippen LogP contribution in [0.15, 0.2) is 23.1 Å². The highest BCUT2D eigenvalue weighted by Gasteiger charge is 2.08. The highest BCUT2D eigenvalue weighted by Crippen LogP contribution is 2.16. The van der Waals surface area contributed by atoms with Gasteiger partial charge >= 0.3 is 0 Å². The molecule has 0 saturated carbocycles. The van der Waals surface area contributed by atoms with Crippen LogP contribution in [0.3, 0.4) is 0 Å². The number of hydrogen-bond donors (Lipinski definition) is 0. The molecule has 0 saturated heterocycles. The number of rotatable bonds is 1. The minimum absolute atomic E-state index is 0.0979. The lowest BCUT2D eigenvalue weighted by molar-refractivity contribution is -0.385. The lowest BCUT2D eigenvalue weighted by Crippen LogP contribution is -1.88. The highest BCUT2D eigenvalue weighted by molar-refractivity contribution is 5.69. The molecular formula is C6H3N3O3. The number of hydrogen-bond acceptors (Lipinski definition) is 5. The fourth-order valence-corrected chi connectivity index (χ4v) is 0.844. The summed E-state index contributed by atoms with van der Waals surface area (Å²) in [6.45, 7) is 0. The molecular weight excluding hydrogens is 162 g/mol. The van der Waals surface area contributed by atoms with Crippen LogP contribution in [0.25, 0.3) is 11.2 Å². The molecule has 2 aromatic heterocycles. The third-order valence-electron chi connectivity index (χ3n) is 1.38. The summed E-state index contributed by atoms with van der Waals surface area (Å²) in [5.41, 5.74) is 0.601. The van der Waals surface area contributed by atoms with Gasteiger partial charge in [0.25, 0.3) is 5.69 Å². The number of pyridine rings is 1. The Morgan fingerprint density at radius 1 is 1.50 bits per heavy atom. The molecule has 0 atom stereocenters. The van der Waals surface area contributed by atoms with Gasteiger partial charge in [-0.15, -0.1) is 0 Å². The standard InChI is InChI=1S/C6H3N3O3/c10-9(11)4-1-5-6(7-2-4)8-3-12-5/h1-3H.